The predicted molar refractivity (Wildman–Crippen MR) is 92.7 cm³/mol. The van der Waals surface area contributed by atoms with Crippen LogP contribution in [0.4, 0.5) is 5.82 Å². The van der Waals surface area contributed by atoms with Gasteiger partial charge in [-0.2, -0.15) is 0 Å². The lowest BCUT2D eigenvalue weighted by Gasteiger charge is -2.18. The fourth-order valence-electron chi connectivity index (χ4n) is 3.33. The summed E-state index contributed by atoms with van der Waals surface area (Å²) in [6.07, 6.45) is 1.27. The van der Waals surface area contributed by atoms with E-state index in [4.69, 9.17) is 5.73 Å². The molecule has 1 fully saturated rings. The molecule has 1 atom stereocenters. The van der Waals surface area contributed by atoms with Gasteiger partial charge in [-0.25, -0.2) is 4.98 Å². The molecule has 3 rings (SSSR count). The van der Waals surface area contributed by atoms with E-state index in [1.807, 2.05) is 18.2 Å². The largest absolute Gasteiger partial charge is 0.384 e. The van der Waals surface area contributed by atoms with Crippen LogP contribution in [0.15, 0.2) is 42.5 Å². The van der Waals surface area contributed by atoms with Gasteiger partial charge in [0, 0.05) is 18.7 Å². The molecule has 3 nitrogen and oxygen atoms in total. The average Bonchev–Trinajstić information content (AvgIpc) is 2.95. The van der Waals surface area contributed by atoms with E-state index in [1.165, 1.54) is 31.6 Å². The Morgan fingerprint density at radius 2 is 1.95 bits per heavy atom. The topological polar surface area (TPSA) is 42.1 Å². The molecule has 0 radical (unpaired) electrons. The standard InChI is InChI=1S/C19H25N3/c1-14(2)12-22-11-10-17(13-22)15-6-8-16(9-7-15)18-4-3-5-19(20)21-18/h3-9,14,17H,10-13H2,1-2H3,(H2,20,21). The van der Waals surface area contributed by atoms with Crippen LogP contribution in [0, 0.1) is 5.92 Å². The van der Waals surface area contributed by atoms with Gasteiger partial charge in [0.25, 0.3) is 0 Å². The van der Waals surface area contributed by atoms with Crippen molar-refractivity contribution in [3.63, 3.8) is 0 Å². The molecule has 1 unspecified atom stereocenters. The van der Waals surface area contributed by atoms with Gasteiger partial charge in [-0.3, -0.25) is 0 Å². The molecular weight excluding hydrogens is 270 g/mol. The third kappa shape index (κ3) is 3.47. The number of benzene rings is 1. The SMILES string of the molecule is CC(C)CN1CCC(c2ccc(-c3cccc(N)n3)cc2)C1. The number of anilines is 1. The van der Waals surface area contributed by atoms with Crippen LogP contribution in [-0.2, 0) is 0 Å². The summed E-state index contributed by atoms with van der Waals surface area (Å²) in [5, 5.41) is 0. The molecule has 1 aromatic carbocycles. The summed E-state index contributed by atoms with van der Waals surface area (Å²) in [7, 11) is 0. The Labute approximate surface area is 133 Å². The fraction of sp³-hybridized carbons (Fsp3) is 0.421. The van der Waals surface area contributed by atoms with E-state index in [9.17, 15) is 0 Å². The van der Waals surface area contributed by atoms with Crippen molar-refractivity contribution in [2.45, 2.75) is 26.2 Å². The molecule has 1 saturated heterocycles. The van der Waals surface area contributed by atoms with Gasteiger partial charge in [0.05, 0.1) is 5.69 Å². The first-order valence-corrected chi connectivity index (χ1v) is 8.17. The molecule has 2 heterocycles. The Balaban J connectivity index is 1.70. The van der Waals surface area contributed by atoms with Gasteiger partial charge < -0.3 is 10.6 Å². The second-order valence-corrected chi connectivity index (χ2v) is 6.71. The first kappa shape index (κ1) is 15.0. The van der Waals surface area contributed by atoms with Gasteiger partial charge in [0.15, 0.2) is 0 Å². The van der Waals surface area contributed by atoms with Crippen LogP contribution >= 0.6 is 0 Å². The highest BCUT2D eigenvalue weighted by atomic mass is 15.1. The first-order valence-electron chi connectivity index (χ1n) is 8.17. The number of likely N-dealkylation sites (tertiary alicyclic amines) is 1. The first-order chi connectivity index (χ1) is 10.6. The van der Waals surface area contributed by atoms with Crippen molar-refractivity contribution >= 4 is 5.82 Å². The summed E-state index contributed by atoms with van der Waals surface area (Å²) in [6, 6.07) is 14.6. The summed E-state index contributed by atoms with van der Waals surface area (Å²) in [5.41, 5.74) is 9.28. The van der Waals surface area contributed by atoms with Crippen molar-refractivity contribution in [3.05, 3.63) is 48.0 Å². The Kier molecular flexibility index (Phi) is 4.44. The molecule has 22 heavy (non-hydrogen) atoms. The summed E-state index contributed by atoms with van der Waals surface area (Å²) in [5.74, 6) is 1.99. The second-order valence-electron chi connectivity index (χ2n) is 6.71. The van der Waals surface area contributed by atoms with Crippen molar-refractivity contribution in [3.8, 4) is 11.3 Å². The molecular formula is C19H25N3. The van der Waals surface area contributed by atoms with E-state index >= 15 is 0 Å². The lowest BCUT2D eigenvalue weighted by Crippen LogP contribution is -2.24. The molecule has 1 aromatic heterocycles. The van der Waals surface area contributed by atoms with Gasteiger partial charge in [0.2, 0.25) is 0 Å². The number of pyridine rings is 1. The molecule has 0 saturated carbocycles. The van der Waals surface area contributed by atoms with E-state index < -0.39 is 0 Å². The van der Waals surface area contributed by atoms with E-state index in [1.54, 1.807) is 0 Å². The summed E-state index contributed by atoms with van der Waals surface area (Å²) in [4.78, 5) is 6.97. The molecule has 3 heteroatoms. The Morgan fingerprint density at radius 3 is 2.64 bits per heavy atom. The van der Waals surface area contributed by atoms with Crippen LogP contribution in [0.3, 0.4) is 0 Å². The fourth-order valence-corrected chi connectivity index (χ4v) is 3.33. The van der Waals surface area contributed by atoms with Crippen LogP contribution in [0.25, 0.3) is 11.3 Å². The molecule has 0 amide bonds. The molecule has 0 bridgehead atoms. The highest BCUT2D eigenvalue weighted by Gasteiger charge is 2.23. The zero-order valence-corrected chi connectivity index (χ0v) is 13.5. The van der Waals surface area contributed by atoms with E-state index in [-0.39, 0.29) is 0 Å². The molecule has 0 aliphatic carbocycles. The maximum atomic E-state index is 5.76. The number of rotatable bonds is 4. The maximum absolute atomic E-state index is 5.76. The summed E-state index contributed by atoms with van der Waals surface area (Å²) >= 11 is 0. The average molecular weight is 295 g/mol. The van der Waals surface area contributed by atoms with Gasteiger partial charge in [-0.15, -0.1) is 0 Å². The minimum Gasteiger partial charge on any atom is -0.384 e. The minimum absolute atomic E-state index is 0.571. The quantitative estimate of drug-likeness (QED) is 0.933. The molecule has 2 aromatic rings. The number of aromatic nitrogens is 1. The van der Waals surface area contributed by atoms with Crippen LogP contribution < -0.4 is 5.73 Å². The molecule has 1 aliphatic rings. The third-order valence-corrected chi connectivity index (χ3v) is 4.34. The van der Waals surface area contributed by atoms with E-state index in [0.717, 1.165) is 17.2 Å². The molecule has 1 aliphatic heterocycles. The van der Waals surface area contributed by atoms with Crippen LogP contribution in [0.1, 0.15) is 31.7 Å². The van der Waals surface area contributed by atoms with Crippen molar-refractivity contribution < 1.29 is 0 Å². The Bertz CT molecular complexity index is 619. The van der Waals surface area contributed by atoms with Crippen LogP contribution in [0.2, 0.25) is 0 Å². The van der Waals surface area contributed by atoms with Gasteiger partial charge in [-0.05, 0) is 42.5 Å². The van der Waals surface area contributed by atoms with Crippen molar-refractivity contribution in [1.82, 2.24) is 9.88 Å². The summed E-state index contributed by atoms with van der Waals surface area (Å²) < 4.78 is 0. The van der Waals surface area contributed by atoms with Crippen molar-refractivity contribution in [2.24, 2.45) is 5.92 Å². The molecule has 0 spiro atoms. The Hall–Kier alpha value is -1.87. The molecule has 116 valence electrons. The maximum Gasteiger partial charge on any atom is 0.124 e. The third-order valence-electron chi connectivity index (χ3n) is 4.34. The second kappa shape index (κ2) is 6.49. The van der Waals surface area contributed by atoms with Gasteiger partial charge in [-0.1, -0.05) is 44.2 Å². The van der Waals surface area contributed by atoms with Gasteiger partial charge in [0.1, 0.15) is 5.82 Å². The zero-order valence-electron chi connectivity index (χ0n) is 13.5. The zero-order chi connectivity index (χ0) is 15.5. The molecule has 2 N–H and O–H groups in total. The van der Waals surface area contributed by atoms with Gasteiger partial charge >= 0.3 is 0 Å². The lowest BCUT2D eigenvalue weighted by molar-refractivity contribution is 0.295. The smallest absolute Gasteiger partial charge is 0.124 e. The van der Waals surface area contributed by atoms with E-state index in [2.05, 4.69) is 48.0 Å². The number of hydrogen-bond donors (Lipinski definition) is 1. The van der Waals surface area contributed by atoms with E-state index in [0.29, 0.717) is 11.7 Å². The lowest BCUT2D eigenvalue weighted by atomic mass is 9.96. The summed E-state index contributed by atoms with van der Waals surface area (Å²) in [6.45, 7) is 8.21. The van der Waals surface area contributed by atoms with Crippen molar-refractivity contribution in [2.75, 3.05) is 25.4 Å². The highest BCUT2D eigenvalue weighted by molar-refractivity contribution is 5.61. The van der Waals surface area contributed by atoms with Crippen LogP contribution in [-0.4, -0.2) is 29.5 Å². The Morgan fingerprint density at radius 1 is 1.18 bits per heavy atom. The highest BCUT2D eigenvalue weighted by Crippen LogP contribution is 2.29. The number of hydrogen-bond acceptors (Lipinski definition) is 3. The number of nitrogens with zero attached hydrogens (tertiary/aromatic N) is 2. The van der Waals surface area contributed by atoms with Crippen molar-refractivity contribution in [1.29, 1.82) is 0 Å². The minimum atomic E-state index is 0.571. The monoisotopic (exact) mass is 295 g/mol. The van der Waals surface area contributed by atoms with Crippen LogP contribution in [0.5, 0.6) is 0 Å². The predicted octanol–water partition coefficient (Wildman–Crippen LogP) is 3.78. The number of nitrogens with two attached hydrogens (primary N) is 1. The normalized spacial score (nSPS) is 19.0. The number of nitrogen functional groups attached to an aromatic ring is 1.